The maximum atomic E-state index is 12.8. The second kappa shape index (κ2) is 8.12. The Balaban J connectivity index is 1.45. The highest BCUT2D eigenvalue weighted by atomic mass is 35.5. The predicted octanol–water partition coefficient (Wildman–Crippen LogP) is 3.32. The van der Waals surface area contributed by atoms with Crippen LogP contribution in [0.4, 0.5) is 4.79 Å². The van der Waals surface area contributed by atoms with Gasteiger partial charge in [-0.3, -0.25) is 4.79 Å². The maximum Gasteiger partial charge on any atom is 0.318 e. The first-order valence-corrected chi connectivity index (χ1v) is 11.1. The Hall–Kier alpha value is -2.65. The number of nitrogens with one attached hydrogen (secondary N) is 1. The van der Waals surface area contributed by atoms with Gasteiger partial charge in [0, 0.05) is 37.3 Å². The van der Waals surface area contributed by atoms with Gasteiger partial charge in [0.1, 0.15) is 11.3 Å². The molecule has 1 saturated heterocycles. The van der Waals surface area contributed by atoms with Crippen molar-refractivity contribution >= 4 is 23.5 Å². The van der Waals surface area contributed by atoms with Gasteiger partial charge in [-0.25, -0.2) is 4.79 Å². The number of urea groups is 1. The Morgan fingerprint density at radius 3 is 2.35 bits per heavy atom. The number of piperazine rings is 1. The highest BCUT2D eigenvalue weighted by Crippen LogP contribution is 2.51. The number of benzene rings is 1. The fourth-order valence-electron chi connectivity index (χ4n) is 3.88. The van der Waals surface area contributed by atoms with E-state index < -0.39 is 5.54 Å². The molecule has 0 bridgehead atoms. The molecule has 0 aromatic heterocycles. The molecule has 0 unspecified atom stereocenters. The van der Waals surface area contributed by atoms with Crippen molar-refractivity contribution in [3.05, 3.63) is 40.9 Å². The van der Waals surface area contributed by atoms with Crippen LogP contribution in [0.25, 0.3) is 0 Å². The van der Waals surface area contributed by atoms with Gasteiger partial charge in [-0.15, -0.1) is 0 Å². The van der Waals surface area contributed by atoms with E-state index in [9.17, 15) is 9.59 Å². The second-order valence-electron chi connectivity index (χ2n) is 8.87. The first-order chi connectivity index (χ1) is 14.8. The minimum Gasteiger partial charge on any atom is -0.495 e. The average Bonchev–Trinajstić information content (AvgIpc) is 3.70. The van der Waals surface area contributed by atoms with Crippen molar-refractivity contribution < 1.29 is 14.3 Å². The molecule has 0 atom stereocenters. The SMILES string of the molecule is C=CC(=O)N1CCN(C(=O)NC2(C#Cc3cc(C4(C)CC4)c(Cl)cc3OC)CC2)CC1. The number of carbonyl (C=O) groups is 2. The van der Waals surface area contributed by atoms with E-state index >= 15 is 0 Å². The molecule has 31 heavy (non-hydrogen) atoms. The molecule has 6 nitrogen and oxygen atoms in total. The topological polar surface area (TPSA) is 61.9 Å². The lowest BCUT2D eigenvalue weighted by molar-refractivity contribution is -0.127. The third-order valence-electron chi connectivity index (χ3n) is 6.53. The summed E-state index contributed by atoms with van der Waals surface area (Å²) in [4.78, 5) is 27.9. The summed E-state index contributed by atoms with van der Waals surface area (Å²) < 4.78 is 5.49. The molecule has 4 rings (SSSR count). The number of nitrogens with zero attached hydrogens (tertiary/aromatic N) is 2. The number of methoxy groups -OCH3 is 1. The van der Waals surface area contributed by atoms with Crippen molar-refractivity contribution in [2.24, 2.45) is 0 Å². The van der Waals surface area contributed by atoms with Gasteiger partial charge in [0.05, 0.1) is 12.7 Å². The van der Waals surface area contributed by atoms with Crippen molar-refractivity contribution in [3.8, 4) is 17.6 Å². The van der Waals surface area contributed by atoms with E-state index in [0.29, 0.717) is 37.0 Å². The van der Waals surface area contributed by atoms with E-state index in [1.807, 2.05) is 12.1 Å². The number of amides is 3. The Labute approximate surface area is 188 Å². The molecule has 1 aromatic rings. The molecule has 1 N–H and O–H groups in total. The summed E-state index contributed by atoms with van der Waals surface area (Å²) in [5.74, 6) is 7.07. The van der Waals surface area contributed by atoms with Gasteiger partial charge in [-0.2, -0.15) is 0 Å². The number of ether oxygens (including phenoxy) is 1. The molecule has 2 aliphatic carbocycles. The number of hydrogen-bond donors (Lipinski definition) is 1. The number of hydrogen-bond acceptors (Lipinski definition) is 3. The summed E-state index contributed by atoms with van der Waals surface area (Å²) >= 11 is 6.48. The molecule has 0 radical (unpaired) electrons. The number of rotatable bonds is 4. The minimum atomic E-state index is -0.501. The molecule has 7 heteroatoms. The molecule has 0 spiro atoms. The van der Waals surface area contributed by atoms with Crippen LogP contribution in [0.2, 0.25) is 5.02 Å². The van der Waals surface area contributed by atoms with E-state index in [1.165, 1.54) is 6.08 Å². The normalized spacial score (nSPS) is 20.2. The van der Waals surface area contributed by atoms with Crippen LogP contribution in [-0.2, 0) is 10.2 Å². The van der Waals surface area contributed by atoms with Gasteiger partial charge < -0.3 is 19.9 Å². The molecule has 3 amide bonds. The quantitative estimate of drug-likeness (QED) is 0.576. The second-order valence-corrected chi connectivity index (χ2v) is 9.28. The largest absolute Gasteiger partial charge is 0.495 e. The highest BCUT2D eigenvalue weighted by Gasteiger charge is 2.44. The Morgan fingerprint density at radius 2 is 1.81 bits per heavy atom. The van der Waals surface area contributed by atoms with E-state index in [1.54, 1.807) is 16.9 Å². The first-order valence-electron chi connectivity index (χ1n) is 10.7. The summed E-state index contributed by atoms with van der Waals surface area (Å²) in [7, 11) is 1.61. The van der Waals surface area contributed by atoms with Crippen LogP contribution < -0.4 is 10.1 Å². The molecule has 164 valence electrons. The van der Waals surface area contributed by atoms with E-state index in [-0.39, 0.29) is 17.4 Å². The van der Waals surface area contributed by atoms with E-state index in [4.69, 9.17) is 16.3 Å². The van der Waals surface area contributed by atoms with Crippen LogP contribution in [-0.4, -0.2) is 60.6 Å². The van der Waals surface area contributed by atoms with Crippen LogP contribution in [0.1, 0.15) is 43.7 Å². The predicted molar refractivity (Wildman–Crippen MR) is 120 cm³/mol. The molecule has 1 aliphatic heterocycles. The molecule has 2 saturated carbocycles. The number of halogens is 1. The van der Waals surface area contributed by atoms with Crippen LogP contribution in [0.15, 0.2) is 24.8 Å². The van der Waals surface area contributed by atoms with Crippen molar-refractivity contribution in [1.29, 1.82) is 0 Å². The third kappa shape index (κ3) is 4.52. The van der Waals surface area contributed by atoms with Crippen molar-refractivity contribution in [3.63, 3.8) is 0 Å². The molecular weight excluding hydrogens is 414 g/mol. The molecule has 1 aromatic carbocycles. The summed E-state index contributed by atoms with van der Waals surface area (Å²) in [6.45, 7) is 7.76. The van der Waals surface area contributed by atoms with Gasteiger partial charge >= 0.3 is 6.03 Å². The summed E-state index contributed by atoms with van der Waals surface area (Å²) in [5.41, 5.74) is 1.53. The molecule has 1 heterocycles. The van der Waals surface area contributed by atoms with Crippen LogP contribution in [0.3, 0.4) is 0 Å². The maximum absolute atomic E-state index is 12.8. The lowest BCUT2D eigenvalue weighted by atomic mass is 9.96. The van der Waals surface area contributed by atoms with E-state index in [2.05, 4.69) is 30.7 Å². The van der Waals surface area contributed by atoms with E-state index in [0.717, 1.165) is 36.8 Å². The lowest BCUT2D eigenvalue weighted by Gasteiger charge is -2.34. The smallest absolute Gasteiger partial charge is 0.318 e. The zero-order valence-corrected chi connectivity index (χ0v) is 18.8. The molecule has 3 aliphatic rings. The fourth-order valence-corrected chi connectivity index (χ4v) is 4.26. The van der Waals surface area contributed by atoms with Crippen molar-refractivity contribution in [1.82, 2.24) is 15.1 Å². The first kappa shape index (κ1) is 21.6. The van der Waals surface area contributed by atoms with Gasteiger partial charge in [-0.05, 0) is 48.8 Å². The van der Waals surface area contributed by atoms with Crippen molar-refractivity contribution in [2.75, 3.05) is 33.3 Å². The molecular formula is C24H28ClN3O3. The lowest BCUT2D eigenvalue weighted by Crippen LogP contribution is -2.54. The fraction of sp³-hybridized carbons (Fsp3) is 0.500. The average molecular weight is 442 g/mol. The minimum absolute atomic E-state index is 0.0964. The Bertz CT molecular complexity index is 978. The van der Waals surface area contributed by atoms with Crippen LogP contribution in [0, 0.1) is 11.8 Å². The Kier molecular flexibility index (Phi) is 5.65. The van der Waals surface area contributed by atoms with Crippen molar-refractivity contribution in [2.45, 2.75) is 43.6 Å². The summed E-state index contributed by atoms with van der Waals surface area (Å²) in [6, 6.07) is 3.74. The number of carbonyl (C=O) groups excluding carboxylic acids is 2. The van der Waals surface area contributed by atoms with Gasteiger partial charge in [-0.1, -0.05) is 36.9 Å². The van der Waals surface area contributed by atoms with Crippen LogP contribution in [0.5, 0.6) is 5.75 Å². The standard InChI is InChI=1S/C24H28ClN3O3/c1-4-21(29)27-11-13-28(14-12-27)22(30)26-24(9-10-24)6-5-17-15-18(23(2)7-8-23)19(25)16-20(17)31-3/h4,15-16H,1,7-14H2,2-3H3,(H,26,30). The van der Waals surface area contributed by atoms with Gasteiger partial charge in [0.15, 0.2) is 0 Å². The summed E-state index contributed by atoms with van der Waals surface area (Å²) in [6.07, 6.45) is 5.20. The Morgan fingerprint density at radius 1 is 1.16 bits per heavy atom. The molecule has 3 fully saturated rings. The van der Waals surface area contributed by atoms with Gasteiger partial charge in [0.25, 0.3) is 0 Å². The highest BCUT2D eigenvalue weighted by molar-refractivity contribution is 6.31. The zero-order valence-electron chi connectivity index (χ0n) is 18.1. The zero-order chi connectivity index (χ0) is 22.2. The monoisotopic (exact) mass is 441 g/mol. The summed E-state index contributed by atoms with van der Waals surface area (Å²) in [5, 5.41) is 3.81. The van der Waals surface area contributed by atoms with Crippen LogP contribution >= 0.6 is 11.6 Å². The third-order valence-corrected chi connectivity index (χ3v) is 6.84. The van der Waals surface area contributed by atoms with Gasteiger partial charge in [0.2, 0.25) is 5.91 Å².